The van der Waals surface area contributed by atoms with Crippen LogP contribution >= 0.6 is 11.6 Å². The molecular weight excluding hydrogens is 292 g/mol. The summed E-state index contributed by atoms with van der Waals surface area (Å²) < 4.78 is 10.3. The van der Waals surface area contributed by atoms with E-state index in [0.717, 1.165) is 11.1 Å². The maximum atomic E-state index is 6.30. The van der Waals surface area contributed by atoms with Crippen molar-refractivity contribution in [3.8, 4) is 11.8 Å². The first kappa shape index (κ1) is 15.5. The van der Waals surface area contributed by atoms with Gasteiger partial charge in [-0.3, -0.25) is 5.84 Å². The summed E-state index contributed by atoms with van der Waals surface area (Å²) >= 11 is 6.30. The minimum Gasteiger partial charge on any atom is -0.480 e. The Hall–Kier alpha value is -1.89. The number of ether oxygens (including phenoxy) is 2. The predicted octanol–water partition coefficient (Wildman–Crippen LogP) is 2.01. The number of nitrogens with one attached hydrogen (secondary N) is 1. The number of hydrogen-bond acceptors (Lipinski definition) is 6. The average molecular weight is 309 g/mol. The second-order valence-electron chi connectivity index (χ2n) is 4.43. The Morgan fingerprint density at radius 2 is 2.05 bits per heavy atom. The second kappa shape index (κ2) is 6.71. The summed E-state index contributed by atoms with van der Waals surface area (Å²) in [5.41, 5.74) is 5.09. The Balaban J connectivity index is 2.50. The number of rotatable bonds is 5. The van der Waals surface area contributed by atoms with Crippen LogP contribution in [0.1, 0.15) is 22.9 Å². The molecule has 0 fully saturated rings. The molecule has 1 aromatic heterocycles. The number of hydrogen-bond donors (Lipinski definition) is 2. The molecule has 7 heteroatoms. The smallest absolute Gasteiger partial charge is 0.240 e. The summed E-state index contributed by atoms with van der Waals surface area (Å²) in [5.74, 6) is 6.36. The van der Waals surface area contributed by atoms with Gasteiger partial charge in [0.25, 0.3) is 0 Å². The molecule has 1 aromatic carbocycles. The molecular formula is C14H17ClN4O2. The van der Waals surface area contributed by atoms with Crippen molar-refractivity contribution in [2.45, 2.75) is 13.0 Å². The molecule has 0 spiro atoms. The van der Waals surface area contributed by atoms with Gasteiger partial charge in [0.1, 0.15) is 5.69 Å². The van der Waals surface area contributed by atoms with Crippen molar-refractivity contribution >= 4 is 11.6 Å². The van der Waals surface area contributed by atoms with Crippen LogP contribution in [0.25, 0.3) is 0 Å². The van der Waals surface area contributed by atoms with Gasteiger partial charge < -0.3 is 9.47 Å². The zero-order chi connectivity index (χ0) is 15.4. The first-order valence-electron chi connectivity index (χ1n) is 6.27. The first-order chi connectivity index (χ1) is 10.1. The molecule has 6 nitrogen and oxygen atoms in total. The van der Waals surface area contributed by atoms with Gasteiger partial charge in [-0.15, -0.1) is 0 Å². The van der Waals surface area contributed by atoms with Crippen molar-refractivity contribution in [1.29, 1.82) is 0 Å². The van der Waals surface area contributed by atoms with Crippen LogP contribution in [0.5, 0.6) is 11.8 Å². The minimum atomic E-state index is -0.438. The highest BCUT2D eigenvalue weighted by molar-refractivity contribution is 6.31. The van der Waals surface area contributed by atoms with Crippen LogP contribution < -0.4 is 20.7 Å². The van der Waals surface area contributed by atoms with E-state index in [0.29, 0.717) is 22.5 Å². The quantitative estimate of drug-likeness (QED) is 0.649. The highest BCUT2D eigenvalue weighted by atomic mass is 35.5. The molecule has 112 valence electrons. The Kier molecular flexibility index (Phi) is 4.95. The van der Waals surface area contributed by atoms with E-state index in [1.165, 1.54) is 20.4 Å². The van der Waals surface area contributed by atoms with Crippen molar-refractivity contribution in [1.82, 2.24) is 15.4 Å². The molecule has 3 N–H and O–H groups in total. The summed E-state index contributed by atoms with van der Waals surface area (Å²) in [7, 11) is 3.02. The standard InChI is InChI=1S/C14H17ClN4O2/c1-8-4-5-9(10(15)6-8)12(19-16)13-14(21-3)18-11(20-2)7-17-13/h4-7,12,19H,16H2,1-3H3. The van der Waals surface area contributed by atoms with Gasteiger partial charge in [0, 0.05) is 5.02 Å². The molecule has 0 amide bonds. The molecule has 1 atom stereocenters. The van der Waals surface area contributed by atoms with Crippen LogP contribution in [0, 0.1) is 6.92 Å². The van der Waals surface area contributed by atoms with Crippen molar-refractivity contribution in [3.63, 3.8) is 0 Å². The van der Waals surface area contributed by atoms with Crippen LogP contribution in [0.2, 0.25) is 5.02 Å². The summed E-state index contributed by atoms with van der Waals surface area (Å²) in [6, 6.07) is 5.28. The zero-order valence-electron chi connectivity index (χ0n) is 12.1. The third-order valence-corrected chi connectivity index (χ3v) is 3.38. The molecule has 0 aliphatic carbocycles. The number of benzene rings is 1. The molecule has 0 radical (unpaired) electrons. The van der Waals surface area contributed by atoms with Crippen LogP contribution in [0.4, 0.5) is 0 Å². The van der Waals surface area contributed by atoms with E-state index < -0.39 is 6.04 Å². The Morgan fingerprint density at radius 3 is 2.62 bits per heavy atom. The number of aryl methyl sites for hydroxylation is 1. The highest BCUT2D eigenvalue weighted by Gasteiger charge is 2.22. The lowest BCUT2D eigenvalue weighted by Crippen LogP contribution is -2.30. The topological polar surface area (TPSA) is 82.3 Å². The molecule has 0 aliphatic heterocycles. The highest BCUT2D eigenvalue weighted by Crippen LogP contribution is 2.32. The van der Waals surface area contributed by atoms with E-state index in [-0.39, 0.29) is 0 Å². The zero-order valence-corrected chi connectivity index (χ0v) is 12.8. The lowest BCUT2D eigenvalue weighted by atomic mass is 10.0. The van der Waals surface area contributed by atoms with Crippen LogP contribution in [-0.2, 0) is 0 Å². The monoisotopic (exact) mass is 308 g/mol. The summed E-state index contributed by atoms with van der Waals surface area (Å²) in [5, 5.41) is 0.595. The van der Waals surface area contributed by atoms with Crippen molar-refractivity contribution in [3.05, 3.63) is 46.2 Å². The second-order valence-corrected chi connectivity index (χ2v) is 4.84. The van der Waals surface area contributed by atoms with Crippen LogP contribution in [-0.4, -0.2) is 24.2 Å². The van der Waals surface area contributed by atoms with E-state index in [4.69, 9.17) is 26.9 Å². The Morgan fingerprint density at radius 1 is 1.29 bits per heavy atom. The molecule has 0 saturated carbocycles. The number of halogens is 1. The number of methoxy groups -OCH3 is 2. The lowest BCUT2D eigenvalue weighted by Gasteiger charge is -2.19. The molecule has 21 heavy (non-hydrogen) atoms. The average Bonchev–Trinajstić information content (AvgIpc) is 2.50. The molecule has 2 rings (SSSR count). The van der Waals surface area contributed by atoms with Crippen LogP contribution in [0.15, 0.2) is 24.4 Å². The van der Waals surface area contributed by atoms with E-state index in [1.807, 2.05) is 25.1 Å². The first-order valence-corrected chi connectivity index (χ1v) is 6.65. The third-order valence-electron chi connectivity index (χ3n) is 3.05. The van der Waals surface area contributed by atoms with Gasteiger partial charge in [0.15, 0.2) is 0 Å². The lowest BCUT2D eigenvalue weighted by molar-refractivity contribution is 0.352. The fourth-order valence-corrected chi connectivity index (χ4v) is 2.34. The molecule has 0 bridgehead atoms. The number of nitrogens with zero attached hydrogens (tertiary/aromatic N) is 2. The fraction of sp³-hybridized carbons (Fsp3) is 0.286. The molecule has 1 unspecified atom stereocenters. The van der Waals surface area contributed by atoms with Gasteiger partial charge >= 0.3 is 0 Å². The summed E-state index contributed by atoms with van der Waals surface area (Å²) in [6.07, 6.45) is 1.50. The van der Waals surface area contributed by atoms with Gasteiger partial charge in [0.05, 0.1) is 26.5 Å². The minimum absolute atomic E-state index is 0.328. The maximum absolute atomic E-state index is 6.30. The van der Waals surface area contributed by atoms with Gasteiger partial charge in [-0.25, -0.2) is 10.4 Å². The van der Waals surface area contributed by atoms with Gasteiger partial charge in [-0.2, -0.15) is 4.98 Å². The third kappa shape index (κ3) is 3.24. The maximum Gasteiger partial charge on any atom is 0.240 e. The number of hydrazine groups is 1. The van der Waals surface area contributed by atoms with E-state index in [2.05, 4.69) is 15.4 Å². The summed E-state index contributed by atoms with van der Waals surface area (Å²) in [6.45, 7) is 1.97. The largest absolute Gasteiger partial charge is 0.480 e. The van der Waals surface area contributed by atoms with E-state index in [1.54, 1.807) is 0 Å². The van der Waals surface area contributed by atoms with Crippen molar-refractivity contribution in [2.75, 3.05) is 14.2 Å². The van der Waals surface area contributed by atoms with Gasteiger partial charge in [-0.05, 0) is 24.1 Å². The predicted molar refractivity (Wildman–Crippen MR) is 80.5 cm³/mol. The number of nitrogens with two attached hydrogens (primary N) is 1. The molecule has 1 heterocycles. The fourth-order valence-electron chi connectivity index (χ4n) is 2.00. The summed E-state index contributed by atoms with van der Waals surface area (Å²) in [4.78, 5) is 8.52. The van der Waals surface area contributed by atoms with Crippen molar-refractivity contribution < 1.29 is 9.47 Å². The molecule has 2 aromatic rings. The number of aromatic nitrogens is 2. The van der Waals surface area contributed by atoms with E-state index >= 15 is 0 Å². The SMILES string of the molecule is COc1cnc(C(NN)c2ccc(C)cc2Cl)c(OC)n1. The van der Waals surface area contributed by atoms with Crippen molar-refractivity contribution in [2.24, 2.45) is 5.84 Å². The van der Waals surface area contributed by atoms with Gasteiger partial charge in [-0.1, -0.05) is 23.7 Å². The van der Waals surface area contributed by atoms with E-state index in [9.17, 15) is 0 Å². The Labute approximate surface area is 128 Å². The molecule has 0 aliphatic rings. The molecule has 0 saturated heterocycles. The normalized spacial score (nSPS) is 12.0. The van der Waals surface area contributed by atoms with Gasteiger partial charge in [0.2, 0.25) is 11.8 Å². The van der Waals surface area contributed by atoms with Crippen LogP contribution in [0.3, 0.4) is 0 Å². The Bertz CT molecular complexity index is 636.